The first kappa shape index (κ1) is 16.0. The zero-order valence-corrected chi connectivity index (χ0v) is 12.4. The van der Waals surface area contributed by atoms with Crippen molar-refractivity contribution in [2.24, 2.45) is 11.8 Å². The molecule has 5 heteroatoms. The molecule has 2 amide bonds. The first-order valence-electron chi connectivity index (χ1n) is 7.24. The fourth-order valence-corrected chi connectivity index (χ4v) is 2.30. The van der Waals surface area contributed by atoms with E-state index in [0.717, 1.165) is 32.5 Å². The maximum atomic E-state index is 11.9. The number of amides is 2. The van der Waals surface area contributed by atoms with E-state index in [-0.39, 0.29) is 17.7 Å². The standard InChI is InChI=1S/C14H27N3O2/c1-11(2)14(19)16-9-12-5-4-8-17(10-12)13(18)6-7-15-3/h11-12,15H,4-10H2,1-3H3,(H,16,19). The predicted molar refractivity (Wildman–Crippen MR) is 75.7 cm³/mol. The molecular formula is C14H27N3O2. The number of hydrogen-bond acceptors (Lipinski definition) is 3. The van der Waals surface area contributed by atoms with E-state index in [4.69, 9.17) is 0 Å². The van der Waals surface area contributed by atoms with Gasteiger partial charge in [-0.05, 0) is 25.8 Å². The molecule has 5 nitrogen and oxygen atoms in total. The normalized spacial score (nSPS) is 19.6. The monoisotopic (exact) mass is 269 g/mol. The van der Waals surface area contributed by atoms with Gasteiger partial charge in [0.05, 0.1) is 0 Å². The first-order valence-corrected chi connectivity index (χ1v) is 7.24. The first-order chi connectivity index (χ1) is 9.04. The van der Waals surface area contributed by atoms with Crippen LogP contribution in [-0.4, -0.2) is 49.9 Å². The van der Waals surface area contributed by atoms with Crippen molar-refractivity contribution in [2.75, 3.05) is 33.2 Å². The zero-order chi connectivity index (χ0) is 14.3. The van der Waals surface area contributed by atoms with Crippen molar-refractivity contribution in [3.63, 3.8) is 0 Å². The smallest absolute Gasteiger partial charge is 0.223 e. The molecule has 0 bridgehead atoms. The third-order valence-electron chi connectivity index (χ3n) is 3.55. The van der Waals surface area contributed by atoms with Crippen LogP contribution in [0.4, 0.5) is 0 Å². The number of nitrogens with zero attached hydrogens (tertiary/aromatic N) is 1. The molecule has 1 aliphatic rings. The SMILES string of the molecule is CNCCC(=O)N1CCCC(CNC(=O)C(C)C)C1. The molecule has 0 spiro atoms. The Hall–Kier alpha value is -1.10. The Balaban J connectivity index is 2.33. The van der Waals surface area contributed by atoms with Crippen LogP contribution in [0, 0.1) is 11.8 Å². The molecule has 1 fully saturated rings. The lowest BCUT2D eigenvalue weighted by molar-refractivity contribution is -0.132. The van der Waals surface area contributed by atoms with Crippen molar-refractivity contribution in [2.45, 2.75) is 33.1 Å². The van der Waals surface area contributed by atoms with Crippen LogP contribution in [0.3, 0.4) is 0 Å². The number of carbonyl (C=O) groups excluding carboxylic acids is 2. The van der Waals surface area contributed by atoms with E-state index in [1.54, 1.807) is 0 Å². The zero-order valence-electron chi connectivity index (χ0n) is 12.4. The Kier molecular flexibility index (Phi) is 6.84. The van der Waals surface area contributed by atoms with Crippen LogP contribution in [0.1, 0.15) is 33.1 Å². The van der Waals surface area contributed by atoms with E-state index in [1.807, 2.05) is 25.8 Å². The number of carbonyl (C=O) groups is 2. The molecule has 1 unspecified atom stereocenters. The molecule has 0 radical (unpaired) electrons. The molecule has 1 atom stereocenters. The highest BCUT2D eigenvalue weighted by molar-refractivity contribution is 5.78. The Morgan fingerprint density at radius 3 is 2.74 bits per heavy atom. The maximum absolute atomic E-state index is 11.9. The summed E-state index contributed by atoms with van der Waals surface area (Å²) in [7, 11) is 1.85. The molecule has 0 aliphatic carbocycles. The number of likely N-dealkylation sites (tertiary alicyclic amines) is 1. The summed E-state index contributed by atoms with van der Waals surface area (Å²) in [4.78, 5) is 25.4. The molecule has 0 saturated carbocycles. The van der Waals surface area contributed by atoms with Crippen molar-refractivity contribution in [3.8, 4) is 0 Å². The Morgan fingerprint density at radius 2 is 2.11 bits per heavy atom. The maximum Gasteiger partial charge on any atom is 0.223 e. The highest BCUT2D eigenvalue weighted by atomic mass is 16.2. The number of piperidine rings is 1. The molecule has 1 rings (SSSR count). The van der Waals surface area contributed by atoms with Gasteiger partial charge in [0.25, 0.3) is 0 Å². The molecule has 2 N–H and O–H groups in total. The minimum absolute atomic E-state index is 0.0250. The van der Waals surface area contributed by atoms with Crippen molar-refractivity contribution in [1.82, 2.24) is 15.5 Å². The van der Waals surface area contributed by atoms with Crippen molar-refractivity contribution in [1.29, 1.82) is 0 Å². The third kappa shape index (κ3) is 5.59. The Labute approximate surface area is 116 Å². The van der Waals surface area contributed by atoms with Gasteiger partial charge in [-0.15, -0.1) is 0 Å². The fraction of sp³-hybridized carbons (Fsp3) is 0.857. The summed E-state index contributed by atoms with van der Waals surface area (Å²) in [6.07, 6.45) is 2.68. The fourth-order valence-electron chi connectivity index (χ4n) is 2.30. The van der Waals surface area contributed by atoms with Crippen LogP contribution in [0.25, 0.3) is 0 Å². The lowest BCUT2D eigenvalue weighted by atomic mass is 9.97. The summed E-state index contributed by atoms with van der Waals surface area (Å²) in [6.45, 7) is 6.84. The second kappa shape index (κ2) is 8.15. The van der Waals surface area contributed by atoms with E-state index in [9.17, 15) is 9.59 Å². The van der Waals surface area contributed by atoms with Crippen LogP contribution in [-0.2, 0) is 9.59 Å². The van der Waals surface area contributed by atoms with E-state index in [0.29, 0.717) is 18.9 Å². The van der Waals surface area contributed by atoms with Gasteiger partial charge in [-0.1, -0.05) is 13.8 Å². The second-order valence-corrected chi connectivity index (χ2v) is 5.60. The number of nitrogens with one attached hydrogen (secondary N) is 2. The van der Waals surface area contributed by atoms with Gasteiger partial charge in [-0.3, -0.25) is 9.59 Å². The molecular weight excluding hydrogens is 242 g/mol. The summed E-state index contributed by atoms with van der Waals surface area (Å²) in [5.41, 5.74) is 0. The Morgan fingerprint density at radius 1 is 1.37 bits per heavy atom. The summed E-state index contributed by atoms with van der Waals surface area (Å²) >= 11 is 0. The molecule has 110 valence electrons. The molecule has 1 heterocycles. The van der Waals surface area contributed by atoms with E-state index >= 15 is 0 Å². The van der Waals surface area contributed by atoms with Crippen LogP contribution < -0.4 is 10.6 Å². The van der Waals surface area contributed by atoms with E-state index < -0.39 is 0 Å². The Bertz CT molecular complexity index is 305. The van der Waals surface area contributed by atoms with E-state index in [2.05, 4.69) is 10.6 Å². The summed E-state index contributed by atoms with van der Waals surface area (Å²) in [5.74, 6) is 0.736. The van der Waals surface area contributed by atoms with Gasteiger partial charge in [0.1, 0.15) is 0 Å². The van der Waals surface area contributed by atoms with Crippen molar-refractivity contribution < 1.29 is 9.59 Å². The molecule has 1 saturated heterocycles. The van der Waals surface area contributed by atoms with Gasteiger partial charge in [-0.25, -0.2) is 0 Å². The van der Waals surface area contributed by atoms with Gasteiger partial charge in [0.15, 0.2) is 0 Å². The van der Waals surface area contributed by atoms with Gasteiger partial charge in [0, 0.05) is 38.5 Å². The van der Waals surface area contributed by atoms with Crippen LogP contribution in [0.15, 0.2) is 0 Å². The molecule has 0 aromatic carbocycles. The third-order valence-corrected chi connectivity index (χ3v) is 3.55. The molecule has 1 aliphatic heterocycles. The van der Waals surface area contributed by atoms with Gasteiger partial charge < -0.3 is 15.5 Å². The topological polar surface area (TPSA) is 61.4 Å². The molecule has 0 aromatic heterocycles. The summed E-state index contributed by atoms with van der Waals surface area (Å²) in [6, 6.07) is 0. The van der Waals surface area contributed by atoms with Crippen LogP contribution >= 0.6 is 0 Å². The van der Waals surface area contributed by atoms with E-state index in [1.165, 1.54) is 0 Å². The predicted octanol–water partition coefficient (Wildman–Crippen LogP) is 0.607. The number of hydrogen-bond donors (Lipinski definition) is 2. The van der Waals surface area contributed by atoms with Gasteiger partial charge in [0.2, 0.25) is 11.8 Å². The summed E-state index contributed by atoms with van der Waals surface area (Å²) < 4.78 is 0. The largest absolute Gasteiger partial charge is 0.356 e. The average molecular weight is 269 g/mol. The molecule has 19 heavy (non-hydrogen) atoms. The minimum atomic E-state index is 0.0250. The van der Waals surface area contributed by atoms with Gasteiger partial charge in [-0.2, -0.15) is 0 Å². The average Bonchev–Trinajstić information content (AvgIpc) is 2.42. The lowest BCUT2D eigenvalue weighted by Gasteiger charge is -2.33. The highest BCUT2D eigenvalue weighted by Gasteiger charge is 2.23. The number of rotatable bonds is 6. The summed E-state index contributed by atoms with van der Waals surface area (Å²) in [5, 5.41) is 5.96. The lowest BCUT2D eigenvalue weighted by Crippen LogP contribution is -2.44. The highest BCUT2D eigenvalue weighted by Crippen LogP contribution is 2.16. The minimum Gasteiger partial charge on any atom is -0.356 e. The molecule has 0 aromatic rings. The van der Waals surface area contributed by atoms with Gasteiger partial charge >= 0.3 is 0 Å². The van der Waals surface area contributed by atoms with Crippen molar-refractivity contribution in [3.05, 3.63) is 0 Å². The van der Waals surface area contributed by atoms with Crippen LogP contribution in [0.2, 0.25) is 0 Å². The second-order valence-electron chi connectivity index (χ2n) is 5.60. The van der Waals surface area contributed by atoms with Crippen molar-refractivity contribution >= 4 is 11.8 Å². The quantitative estimate of drug-likeness (QED) is 0.742. The van der Waals surface area contributed by atoms with Crippen LogP contribution in [0.5, 0.6) is 0 Å².